The Balaban J connectivity index is 2.33. The highest BCUT2D eigenvalue weighted by Gasteiger charge is 2.19. The first kappa shape index (κ1) is 11.4. The van der Waals surface area contributed by atoms with Gasteiger partial charge in [0.05, 0.1) is 0 Å². The molecule has 1 atom stereocenters. The second kappa shape index (κ2) is 4.82. The van der Waals surface area contributed by atoms with Gasteiger partial charge in [-0.1, -0.05) is 32.4 Å². The minimum Gasteiger partial charge on any atom is -0.294 e. The standard InChI is InChI=1S/C15H20O/c1-3-4-12-6-8-13-7-5-11(2)9-15(16)14(13)10-12/h6,8,10-11H,3-5,7,9H2,1-2H3. The molecule has 1 aromatic carbocycles. The van der Waals surface area contributed by atoms with Crippen LogP contribution in [0.15, 0.2) is 18.2 Å². The first-order valence-corrected chi connectivity index (χ1v) is 6.35. The van der Waals surface area contributed by atoms with Crippen LogP contribution in [-0.2, 0) is 12.8 Å². The lowest BCUT2D eigenvalue weighted by atomic mass is 9.97. The Kier molecular flexibility index (Phi) is 3.42. The predicted octanol–water partition coefficient (Wildman–Crippen LogP) is 3.79. The Morgan fingerprint density at radius 3 is 2.94 bits per heavy atom. The van der Waals surface area contributed by atoms with E-state index >= 15 is 0 Å². The topological polar surface area (TPSA) is 17.1 Å². The molecule has 86 valence electrons. The van der Waals surface area contributed by atoms with Gasteiger partial charge in [0, 0.05) is 12.0 Å². The molecule has 1 nitrogen and oxygen atoms in total. The molecule has 0 heterocycles. The fourth-order valence-electron chi connectivity index (χ4n) is 2.48. The summed E-state index contributed by atoms with van der Waals surface area (Å²) in [6.45, 7) is 4.35. The highest BCUT2D eigenvalue weighted by molar-refractivity contribution is 5.98. The number of carbonyl (C=O) groups excluding carboxylic acids is 1. The van der Waals surface area contributed by atoms with E-state index in [1.54, 1.807) is 0 Å². The zero-order valence-corrected chi connectivity index (χ0v) is 10.3. The number of carbonyl (C=O) groups is 1. The summed E-state index contributed by atoms with van der Waals surface area (Å²) in [7, 11) is 0. The highest BCUT2D eigenvalue weighted by Crippen LogP contribution is 2.25. The van der Waals surface area contributed by atoms with E-state index in [-0.39, 0.29) is 0 Å². The van der Waals surface area contributed by atoms with E-state index in [0.717, 1.165) is 37.7 Å². The van der Waals surface area contributed by atoms with Crippen LogP contribution >= 0.6 is 0 Å². The molecule has 0 saturated heterocycles. The molecule has 0 fully saturated rings. The van der Waals surface area contributed by atoms with Crippen molar-refractivity contribution in [1.82, 2.24) is 0 Å². The first-order valence-electron chi connectivity index (χ1n) is 6.35. The molecule has 1 heteroatoms. The summed E-state index contributed by atoms with van der Waals surface area (Å²) in [6, 6.07) is 6.47. The number of fused-ring (bicyclic) bond motifs is 1. The van der Waals surface area contributed by atoms with Gasteiger partial charge in [-0.3, -0.25) is 4.79 Å². The average molecular weight is 216 g/mol. The van der Waals surface area contributed by atoms with Crippen LogP contribution in [0.1, 0.15) is 54.6 Å². The lowest BCUT2D eigenvalue weighted by molar-refractivity contribution is 0.0967. The van der Waals surface area contributed by atoms with Crippen LogP contribution in [-0.4, -0.2) is 5.78 Å². The minimum atomic E-state index is 0.345. The molecule has 1 aliphatic carbocycles. The fourth-order valence-corrected chi connectivity index (χ4v) is 2.48. The van der Waals surface area contributed by atoms with Gasteiger partial charge in [0.1, 0.15) is 0 Å². The lowest BCUT2D eigenvalue weighted by Gasteiger charge is -2.07. The van der Waals surface area contributed by atoms with Crippen LogP contribution in [0.5, 0.6) is 0 Å². The molecule has 1 aromatic rings. The summed E-state index contributed by atoms with van der Waals surface area (Å²) in [5, 5.41) is 0. The van der Waals surface area contributed by atoms with Crippen molar-refractivity contribution in [3.63, 3.8) is 0 Å². The first-order chi connectivity index (χ1) is 7.70. The molecule has 0 spiro atoms. The third-order valence-corrected chi connectivity index (χ3v) is 3.45. The molecular formula is C15H20O. The lowest BCUT2D eigenvalue weighted by Crippen LogP contribution is -2.04. The summed E-state index contributed by atoms with van der Waals surface area (Å²) >= 11 is 0. The molecule has 0 bridgehead atoms. The number of rotatable bonds is 2. The van der Waals surface area contributed by atoms with Crippen LogP contribution in [0.2, 0.25) is 0 Å². The van der Waals surface area contributed by atoms with Crippen LogP contribution < -0.4 is 0 Å². The number of benzene rings is 1. The summed E-state index contributed by atoms with van der Waals surface area (Å²) in [6.07, 6.45) is 5.16. The average Bonchev–Trinajstić information content (AvgIpc) is 2.40. The Hall–Kier alpha value is -1.11. The van der Waals surface area contributed by atoms with Crippen molar-refractivity contribution >= 4 is 5.78 Å². The van der Waals surface area contributed by atoms with Gasteiger partial charge in [-0.05, 0) is 42.4 Å². The van der Waals surface area contributed by atoms with Crippen molar-refractivity contribution in [3.05, 3.63) is 34.9 Å². The van der Waals surface area contributed by atoms with Crippen molar-refractivity contribution < 1.29 is 4.79 Å². The zero-order chi connectivity index (χ0) is 11.5. The largest absolute Gasteiger partial charge is 0.294 e. The smallest absolute Gasteiger partial charge is 0.163 e. The molecule has 0 aromatic heterocycles. The highest BCUT2D eigenvalue weighted by atomic mass is 16.1. The van der Waals surface area contributed by atoms with Crippen molar-refractivity contribution in [2.75, 3.05) is 0 Å². The van der Waals surface area contributed by atoms with Gasteiger partial charge >= 0.3 is 0 Å². The number of Topliss-reactive ketones (excluding diaryl/α,β-unsaturated/α-hetero) is 1. The van der Waals surface area contributed by atoms with Crippen LogP contribution in [0, 0.1) is 5.92 Å². The Morgan fingerprint density at radius 2 is 2.19 bits per heavy atom. The van der Waals surface area contributed by atoms with Gasteiger partial charge in [-0.15, -0.1) is 0 Å². The number of aryl methyl sites for hydroxylation is 2. The maximum atomic E-state index is 12.1. The third-order valence-electron chi connectivity index (χ3n) is 3.45. The van der Waals surface area contributed by atoms with Crippen LogP contribution in [0.25, 0.3) is 0 Å². The van der Waals surface area contributed by atoms with Gasteiger partial charge in [-0.25, -0.2) is 0 Å². The number of ketones is 1. The van der Waals surface area contributed by atoms with Crippen molar-refractivity contribution in [1.29, 1.82) is 0 Å². The second-order valence-electron chi connectivity index (χ2n) is 5.01. The second-order valence-corrected chi connectivity index (χ2v) is 5.01. The normalized spacial score (nSPS) is 20.4. The number of hydrogen-bond acceptors (Lipinski definition) is 1. The molecular weight excluding hydrogens is 196 g/mol. The summed E-state index contributed by atoms with van der Waals surface area (Å²) < 4.78 is 0. The van der Waals surface area contributed by atoms with Crippen LogP contribution in [0.4, 0.5) is 0 Å². The monoisotopic (exact) mass is 216 g/mol. The van der Waals surface area contributed by atoms with E-state index < -0.39 is 0 Å². The molecule has 0 radical (unpaired) electrons. The van der Waals surface area contributed by atoms with E-state index in [1.807, 2.05) is 0 Å². The molecule has 0 aliphatic heterocycles. The van der Waals surface area contributed by atoms with E-state index in [4.69, 9.17) is 0 Å². The molecule has 16 heavy (non-hydrogen) atoms. The van der Waals surface area contributed by atoms with Crippen molar-refractivity contribution in [2.24, 2.45) is 5.92 Å². The Bertz CT molecular complexity index is 392. The molecule has 0 amide bonds. The van der Waals surface area contributed by atoms with E-state index in [2.05, 4.69) is 32.0 Å². The molecule has 1 unspecified atom stereocenters. The minimum absolute atomic E-state index is 0.345. The van der Waals surface area contributed by atoms with Crippen molar-refractivity contribution in [3.8, 4) is 0 Å². The van der Waals surface area contributed by atoms with E-state index in [0.29, 0.717) is 11.7 Å². The fraction of sp³-hybridized carbons (Fsp3) is 0.533. The Labute approximate surface area is 97.9 Å². The molecule has 1 aliphatic rings. The van der Waals surface area contributed by atoms with Gasteiger partial charge < -0.3 is 0 Å². The molecule has 0 saturated carbocycles. The van der Waals surface area contributed by atoms with Gasteiger partial charge in [0.15, 0.2) is 5.78 Å². The van der Waals surface area contributed by atoms with Gasteiger partial charge in [0.2, 0.25) is 0 Å². The maximum absolute atomic E-state index is 12.1. The van der Waals surface area contributed by atoms with E-state index in [9.17, 15) is 4.79 Å². The van der Waals surface area contributed by atoms with Crippen LogP contribution in [0.3, 0.4) is 0 Å². The summed E-state index contributed by atoms with van der Waals surface area (Å²) in [5.74, 6) is 0.882. The predicted molar refractivity (Wildman–Crippen MR) is 66.9 cm³/mol. The summed E-state index contributed by atoms with van der Waals surface area (Å²) in [4.78, 5) is 12.1. The third kappa shape index (κ3) is 2.34. The molecule has 0 N–H and O–H groups in total. The molecule has 2 rings (SSSR count). The quantitative estimate of drug-likeness (QED) is 0.687. The van der Waals surface area contributed by atoms with E-state index in [1.165, 1.54) is 11.1 Å². The van der Waals surface area contributed by atoms with Gasteiger partial charge in [0.25, 0.3) is 0 Å². The SMILES string of the molecule is CCCc1ccc2c(c1)C(=O)CC(C)CC2. The summed E-state index contributed by atoms with van der Waals surface area (Å²) in [5.41, 5.74) is 3.56. The zero-order valence-electron chi connectivity index (χ0n) is 10.3. The van der Waals surface area contributed by atoms with Gasteiger partial charge in [-0.2, -0.15) is 0 Å². The maximum Gasteiger partial charge on any atom is 0.163 e. The Morgan fingerprint density at radius 1 is 1.38 bits per heavy atom. The number of hydrogen-bond donors (Lipinski definition) is 0. The van der Waals surface area contributed by atoms with Crippen molar-refractivity contribution in [2.45, 2.75) is 46.0 Å².